The number of nitrogens with zero attached hydrogens (tertiary/aromatic N) is 4. The number of amides is 1. The highest BCUT2D eigenvalue weighted by molar-refractivity contribution is 5.79. The van der Waals surface area contributed by atoms with Crippen molar-refractivity contribution in [2.24, 2.45) is 10.3 Å². The van der Waals surface area contributed by atoms with E-state index in [2.05, 4.69) is 32.8 Å². The van der Waals surface area contributed by atoms with Gasteiger partial charge in [-0.25, -0.2) is 0 Å². The maximum atomic E-state index is 12.8. The summed E-state index contributed by atoms with van der Waals surface area (Å²) in [5.74, 6) is 0.439. The summed E-state index contributed by atoms with van der Waals surface area (Å²) in [7, 11) is 1.77. The maximum absolute atomic E-state index is 12.8. The average Bonchev–Trinajstić information content (AvgIpc) is 3.16. The number of carbonyl (C=O) groups excluding carboxylic acids is 1. The second-order valence-corrected chi connectivity index (χ2v) is 8.53. The summed E-state index contributed by atoms with van der Waals surface area (Å²) < 4.78 is 41.8. The molecule has 1 aromatic carbocycles. The van der Waals surface area contributed by atoms with Gasteiger partial charge in [-0.15, -0.1) is 0 Å². The highest BCUT2D eigenvalue weighted by Gasteiger charge is 2.31. The van der Waals surface area contributed by atoms with E-state index >= 15 is 0 Å². The van der Waals surface area contributed by atoms with Crippen molar-refractivity contribution in [1.82, 2.24) is 15.3 Å². The van der Waals surface area contributed by atoms with Crippen LogP contribution in [0.2, 0.25) is 0 Å². The summed E-state index contributed by atoms with van der Waals surface area (Å²) in [5.41, 5.74) is 2.69. The molecule has 1 saturated carbocycles. The first kappa shape index (κ1) is 23.0. The van der Waals surface area contributed by atoms with Crippen molar-refractivity contribution in [3.8, 4) is 5.75 Å². The van der Waals surface area contributed by atoms with Gasteiger partial charge in [0, 0.05) is 7.05 Å². The smallest absolute Gasteiger partial charge is 0.422 e. The molecule has 1 aromatic heterocycles. The van der Waals surface area contributed by atoms with E-state index < -0.39 is 18.8 Å². The van der Waals surface area contributed by atoms with Crippen molar-refractivity contribution in [2.75, 3.05) is 20.2 Å². The molecule has 2 atom stereocenters. The molecular weight excluding hydrogens is 435 g/mol. The molecule has 2 aliphatic rings. The molecule has 0 saturated heterocycles. The monoisotopic (exact) mass is 461 g/mol. The van der Waals surface area contributed by atoms with Crippen LogP contribution in [-0.4, -0.2) is 48.3 Å². The Morgan fingerprint density at radius 2 is 1.97 bits per heavy atom. The lowest BCUT2D eigenvalue weighted by atomic mass is 9.80. The first-order valence-corrected chi connectivity index (χ1v) is 10.9. The Bertz CT molecular complexity index is 975. The third kappa shape index (κ3) is 6.21. The van der Waals surface area contributed by atoms with E-state index in [-0.39, 0.29) is 24.1 Å². The molecule has 1 unspecified atom stereocenters. The van der Waals surface area contributed by atoms with Crippen molar-refractivity contribution in [2.45, 2.75) is 49.9 Å². The van der Waals surface area contributed by atoms with E-state index in [0.717, 1.165) is 5.56 Å². The second-order valence-electron chi connectivity index (χ2n) is 8.53. The van der Waals surface area contributed by atoms with Crippen LogP contribution in [0, 0.1) is 0 Å². The second kappa shape index (κ2) is 9.76. The third-order valence-electron chi connectivity index (χ3n) is 5.91. The van der Waals surface area contributed by atoms with Gasteiger partial charge >= 0.3 is 6.18 Å². The molecule has 1 N–H and O–H groups in total. The van der Waals surface area contributed by atoms with E-state index in [0.29, 0.717) is 18.2 Å². The SMILES string of the molecule is CN1CC([C@@H](NC(=O)Cc2ccc(C3CCC3)cc2)c2ccc(OCC(F)(F)F)cn2)N=N1. The highest BCUT2D eigenvalue weighted by atomic mass is 19.4. The summed E-state index contributed by atoms with van der Waals surface area (Å²) in [4.78, 5) is 17.1. The van der Waals surface area contributed by atoms with Crippen molar-refractivity contribution in [3.63, 3.8) is 0 Å². The number of likely N-dealkylation sites (N-methyl/N-ethyl adjacent to an activating group) is 1. The van der Waals surface area contributed by atoms with Crippen molar-refractivity contribution < 1.29 is 22.7 Å². The lowest BCUT2D eigenvalue weighted by Crippen LogP contribution is -2.38. The molecule has 1 fully saturated rings. The minimum absolute atomic E-state index is 0.00197. The first-order chi connectivity index (χ1) is 15.8. The third-order valence-corrected chi connectivity index (χ3v) is 5.91. The van der Waals surface area contributed by atoms with Gasteiger partial charge in [-0.3, -0.25) is 14.8 Å². The maximum Gasteiger partial charge on any atom is 0.422 e. The fourth-order valence-corrected chi connectivity index (χ4v) is 3.92. The van der Waals surface area contributed by atoms with Crippen LogP contribution in [0.4, 0.5) is 13.2 Å². The molecule has 7 nitrogen and oxygen atoms in total. The van der Waals surface area contributed by atoms with Crippen LogP contribution in [0.5, 0.6) is 5.75 Å². The number of hydrogen-bond acceptors (Lipinski definition) is 6. The molecule has 1 aliphatic heterocycles. The number of nitrogens with one attached hydrogen (secondary N) is 1. The Kier molecular flexibility index (Phi) is 6.80. The number of benzene rings is 1. The molecule has 10 heteroatoms. The van der Waals surface area contributed by atoms with Crippen LogP contribution < -0.4 is 10.1 Å². The van der Waals surface area contributed by atoms with Gasteiger partial charge in [0.05, 0.1) is 30.9 Å². The minimum atomic E-state index is -4.43. The van der Waals surface area contributed by atoms with E-state index in [9.17, 15) is 18.0 Å². The van der Waals surface area contributed by atoms with Gasteiger partial charge in [-0.2, -0.15) is 18.3 Å². The van der Waals surface area contributed by atoms with Crippen molar-refractivity contribution in [3.05, 3.63) is 59.4 Å². The molecular formula is C23H26F3N5O2. The molecule has 2 heterocycles. The zero-order valence-corrected chi connectivity index (χ0v) is 18.3. The normalized spacial score (nSPS) is 19.3. The average molecular weight is 461 g/mol. The first-order valence-electron chi connectivity index (χ1n) is 10.9. The topological polar surface area (TPSA) is 79.2 Å². The lowest BCUT2D eigenvalue weighted by Gasteiger charge is -2.26. The van der Waals surface area contributed by atoms with Crippen molar-refractivity contribution >= 4 is 5.91 Å². The van der Waals surface area contributed by atoms with Crippen LogP contribution in [0.15, 0.2) is 52.9 Å². The summed E-state index contributed by atoms with van der Waals surface area (Å²) in [6.45, 7) is -0.912. The molecule has 4 rings (SSSR count). The minimum Gasteiger partial charge on any atom is -0.483 e. The Morgan fingerprint density at radius 1 is 1.21 bits per heavy atom. The van der Waals surface area contributed by atoms with Gasteiger partial charge < -0.3 is 10.1 Å². The number of ether oxygens (including phenoxy) is 1. The number of rotatable bonds is 8. The predicted octanol–water partition coefficient (Wildman–Crippen LogP) is 4.37. The molecule has 0 bridgehead atoms. The zero-order valence-electron chi connectivity index (χ0n) is 18.3. The molecule has 0 radical (unpaired) electrons. The standard InChI is InChI=1S/C23H26F3N5O2/c1-31-13-20(29-30-31)22(19-10-9-18(12-27-19)33-14-23(24,25)26)28-21(32)11-15-5-7-17(8-6-15)16-3-2-4-16/h5-10,12,16,20,22H,2-4,11,13-14H2,1H3,(H,28,32)/t20?,22-/m0/s1. The van der Waals surface area contributed by atoms with Crippen LogP contribution >= 0.6 is 0 Å². The van der Waals surface area contributed by atoms with Crippen LogP contribution in [0.3, 0.4) is 0 Å². The highest BCUT2D eigenvalue weighted by Crippen LogP contribution is 2.36. The number of halogens is 3. The molecule has 2 aromatic rings. The van der Waals surface area contributed by atoms with Gasteiger partial charge in [0.2, 0.25) is 5.91 Å². The molecule has 33 heavy (non-hydrogen) atoms. The van der Waals surface area contributed by atoms with Gasteiger partial charge in [-0.1, -0.05) is 35.9 Å². The Morgan fingerprint density at radius 3 is 2.52 bits per heavy atom. The van der Waals surface area contributed by atoms with Crippen LogP contribution in [0.1, 0.15) is 48.0 Å². The molecule has 1 aliphatic carbocycles. The number of carbonyl (C=O) groups is 1. The van der Waals surface area contributed by atoms with Gasteiger partial charge in [-0.05, 0) is 42.0 Å². The molecule has 176 valence electrons. The Hall–Kier alpha value is -3.17. The quantitative estimate of drug-likeness (QED) is 0.633. The van der Waals surface area contributed by atoms with Gasteiger partial charge in [0.15, 0.2) is 6.61 Å². The lowest BCUT2D eigenvalue weighted by molar-refractivity contribution is -0.153. The Balaban J connectivity index is 1.42. The van der Waals surface area contributed by atoms with E-state index in [1.807, 2.05) is 12.1 Å². The van der Waals surface area contributed by atoms with E-state index in [1.165, 1.54) is 43.2 Å². The van der Waals surface area contributed by atoms with Gasteiger partial charge in [0.25, 0.3) is 0 Å². The summed E-state index contributed by atoms with van der Waals surface area (Å²) in [6, 6.07) is 10.1. The zero-order chi connectivity index (χ0) is 23.4. The largest absolute Gasteiger partial charge is 0.483 e. The summed E-state index contributed by atoms with van der Waals surface area (Å²) in [5, 5.41) is 12.8. The fourth-order valence-electron chi connectivity index (χ4n) is 3.92. The Labute approximate surface area is 190 Å². The number of pyridine rings is 1. The summed E-state index contributed by atoms with van der Waals surface area (Å²) in [6.07, 6.45) is 0.703. The van der Waals surface area contributed by atoms with E-state index in [1.54, 1.807) is 12.1 Å². The fraction of sp³-hybridized carbons (Fsp3) is 0.478. The van der Waals surface area contributed by atoms with E-state index in [4.69, 9.17) is 4.74 Å². The van der Waals surface area contributed by atoms with Crippen molar-refractivity contribution in [1.29, 1.82) is 0 Å². The number of aromatic nitrogens is 1. The number of hydrogen-bond donors (Lipinski definition) is 1. The van der Waals surface area contributed by atoms with Crippen LogP contribution in [0.25, 0.3) is 0 Å². The molecule has 0 spiro atoms. The van der Waals surface area contributed by atoms with Crippen LogP contribution in [-0.2, 0) is 11.2 Å². The number of alkyl halides is 3. The summed E-state index contributed by atoms with van der Waals surface area (Å²) >= 11 is 0. The van der Waals surface area contributed by atoms with Gasteiger partial charge in [0.1, 0.15) is 11.8 Å². The predicted molar refractivity (Wildman–Crippen MR) is 115 cm³/mol. The molecule has 1 amide bonds.